The molecule has 2 nitrogen and oxygen atoms in total. The number of anilines is 1. The van der Waals surface area contributed by atoms with E-state index in [0.717, 1.165) is 6.42 Å². The second-order valence-corrected chi connectivity index (χ2v) is 3.08. The van der Waals surface area contributed by atoms with E-state index in [4.69, 9.17) is 5.73 Å². The summed E-state index contributed by atoms with van der Waals surface area (Å²) in [6.07, 6.45) is 0.797. The molecule has 13 heavy (non-hydrogen) atoms. The van der Waals surface area contributed by atoms with Crippen molar-refractivity contribution in [3.63, 3.8) is 0 Å². The van der Waals surface area contributed by atoms with Crippen LogP contribution in [0.4, 0.5) is 10.1 Å². The van der Waals surface area contributed by atoms with Gasteiger partial charge in [0.2, 0.25) is 0 Å². The fourth-order valence-electron chi connectivity index (χ4n) is 1.26. The van der Waals surface area contributed by atoms with Gasteiger partial charge < -0.3 is 10.8 Å². The van der Waals surface area contributed by atoms with Gasteiger partial charge in [-0.1, -0.05) is 13.3 Å². The molecular weight excluding hydrogens is 169 g/mol. The van der Waals surface area contributed by atoms with Crippen molar-refractivity contribution in [3.05, 3.63) is 29.6 Å². The first-order valence-corrected chi connectivity index (χ1v) is 4.38. The molecule has 1 aromatic carbocycles. The predicted molar refractivity (Wildman–Crippen MR) is 50.7 cm³/mol. The summed E-state index contributed by atoms with van der Waals surface area (Å²) >= 11 is 0. The molecule has 3 heteroatoms. The third-order valence-electron chi connectivity index (χ3n) is 1.97. The van der Waals surface area contributed by atoms with Gasteiger partial charge in [0.15, 0.2) is 0 Å². The number of hydrogen-bond acceptors (Lipinski definition) is 2. The van der Waals surface area contributed by atoms with Crippen LogP contribution in [-0.2, 0) is 0 Å². The number of aliphatic hydroxyl groups excluding tert-OH is 1. The van der Waals surface area contributed by atoms with E-state index in [-0.39, 0.29) is 5.82 Å². The molecule has 0 fully saturated rings. The largest absolute Gasteiger partial charge is 0.398 e. The Morgan fingerprint density at radius 3 is 2.85 bits per heavy atom. The minimum Gasteiger partial charge on any atom is -0.398 e. The molecule has 0 spiro atoms. The summed E-state index contributed by atoms with van der Waals surface area (Å²) in [5, 5.41) is 9.58. The third-order valence-corrected chi connectivity index (χ3v) is 1.97. The zero-order valence-corrected chi connectivity index (χ0v) is 7.63. The standard InChI is InChI=1S/C10H14FNO/c1-2-3-10(13)8-6-7(11)4-5-9(8)12/h4-6,10,13H,2-3,12H2,1H3. The van der Waals surface area contributed by atoms with E-state index in [2.05, 4.69) is 0 Å². The van der Waals surface area contributed by atoms with Gasteiger partial charge in [0.05, 0.1) is 6.10 Å². The van der Waals surface area contributed by atoms with Crippen molar-refractivity contribution in [2.24, 2.45) is 0 Å². The van der Waals surface area contributed by atoms with Crippen LogP contribution < -0.4 is 5.73 Å². The lowest BCUT2D eigenvalue weighted by Gasteiger charge is -2.12. The summed E-state index contributed by atoms with van der Waals surface area (Å²) in [4.78, 5) is 0. The van der Waals surface area contributed by atoms with Crippen LogP contribution in [0, 0.1) is 5.82 Å². The second kappa shape index (κ2) is 4.23. The zero-order valence-electron chi connectivity index (χ0n) is 7.63. The molecule has 3 N–H and O–H groups in total. The summed E-state index contributed by atoms with van der Waals surface area (Å²) in [5.74, 6) is -0.362. The Labute approximate surface area is 77.2 Å². The van der Waals surface area contributed by atoms with Crippen molar-refractivity contribution >= 4 is 5.69 Å². The van der Waals surface area contributed by atoms with Crippen LogP contribution in [0.2, 0.25) is 0 Å². The molecule has 0 heterocycles. The van der Waals surface area contributed by atoms with Gasteiger partial charge in [-0.2, -0.15) is 0 Å². The van der Waals surface area contributed by atoms with E-state index >= 15 is 0 Å². The first-order valence-electron chi connectivity index (χ1n) is 4.38. The SMILES string of the molecule is CCCC(O)c1cc(F)ccc1N. The molecule has 72 valence electrons. The maximum absolute atomic E-state index is 12.8. The zero-order chi connectivity index (χ0) is 9.84. The highest BCUT2D eigenvalue weighted by molar-refractivity contribution is 5.47. The number of aliphatic hydroxyl groups is 1. The van der Waals surface area contributed by atoms with Gasteiger partial charge in [0.1, 0.15) is 5.82 Å². The molecule has 1 unspecified atom stereocenters. The van der Waals surface area contributed by atoms with Crippen molar-refractivity contribution in [2.75, 3.05) is 5.73 Å². The topological polar surface area (TPSA) is 46.2 Å². The number of rotatable bonds is 3. The molecule has 1 atom stereocenters. The second-order valence-electron chi connectivity index (χ2n) is 3.08. The van der Waals surface area contributed by atoms with Gasteiger partial charge in [-0.15, -0.1) is 0 Å². The highest BCUT2D eigenvalue weighted by atomic mass is 19.1. The highest BCUT2D eigenvalue weighted by Crippen LogP contribution is 2.24. The molecular formula is C10H14FNO. The van der Waals surface area contributed by atoms with E-state index in [1.165, 1.54) is 18.2 Å². The molecule has 0 saturated heterocycles. The molecule has 0 aliphatic heterocycles. The van der Waals surface area contributed by atoms with Crippen molar-refractivity contribution in [1.29, 1.82) is 0 Å². The average Bonchev–Trinajstić information content (AvgIpc) is 2.09. The fourth-order valence-corrected chi connectivity index (χ4v) is 1.26. The van der Waals surface area contributed by atoms with Crippen LogP contribution in [0.1, 0.15) is 31.4 Å². The van der Waals surface area contributed by atoms with E-state index in [1.54, 1.807) is 0 Å². The number of nitrogen functional groups attached to an aromatic ring is 1. The van der Waals surface area contributed by atoms with E-state index < -0.39 is 6.10 Å². The van der Waals surface area contributed by atoms with Gasteiger partial charge in [-0.05, 0) is 24.6 Å². The molecule has 0 aromatic heterocycles. The van der Waals surface area contributed by atoms with Crippen LogP contribution in [0.3, 0.4) is 0 Å². The number of halogens is 1. The number of benzene rings is 1. The summed E-state index contributed by atoms with van der Waals surface area (Å²) in [5.41, 5.74) is 6.53. The molecule has 0 radical (unpaired) electrons. The minimum absolute atomic E-state index is 0.362. The Morgan fingerprint density at radius 2 is 2.23 bits per heavy atom. The fraction of sp³-hybridized carbons (Fsp3) is 0.400. The lowest BCUT2D eigenvalue weighted by atomic mass is 10.0. The van der Waals surface area contributed by atoms with Gasteiger partial charge in [-0.25, -0.2) is 4.39 Å². The summed E-state index contributed by atoms with van der Waals surface area (Å²) in [6.45, 7) is 1.96. The van der Waals surface area contributed by atoms with E-state index in [0.29, 0.717) is 17.7 Å². The summed E-state index contributed by atoms with van der Waals surface area (Å²) < 4.78 is 12.8. The summed E-state index contributed by atoms with van der Waals surface area (Å²) in [7, 11) is 0. The van der Waals surface area contributed by atoms with Gasteiger partial charge in [0.25, 0.3) is 0 Å². The van der Waals surface area contributed by atoms with Crippen molar-refractivity contribution in [2.45, 2.75) is 25.9 Å². The number of nitrogens with two attached hydrogens (primary N) is 1. The molecule has 0 amide bonds. The van der Waals surface area contributed by atoms with Gasteiger partial charge >= 0.3 is 0 Å². The monoisotopic (exact) mass is 183 g/mol. The molecule has 1 aromatic rings. The Bertz CT molecular complexity index is 288. The Hall–Kier alpha value is -1.09. The molecule has 0 aliphatic carbocycles. The minimum atomic E-state index is -0.652. The Kier molecular flexibility index (Phi) is 3.25. The maximum Gasteiger partial charge on any atom is 0.123 e. The van der Waals surface area contributed by atoms with Crippen LogP contribution in [0.25, 0.3) is 0 Å². The highest BCUT2D eigenvalue weighted by Gasteiger charge is 2.10. The first kappa shape index (κ1) is 9.99. The molecule has 1 rings (SSSR count). The normalized spacial score (nSPS) is 12.8. The quantitative estimate of drug-likeness (QED) is 0.706. The Balaban J connectivity index is 2.91. The average molecular weight is 183 g/mol. The molecule has 0 bridgehead atoms. The van der Waals surface area contributed by atoms with Crippen LogP contribution in [0.5, 0.6) is 0 Å². The van der Waals surface area contributed by atoms with Gasteiger partial charge in [0, 0.05) is 11.3 Å². The number of hydrogen-bond donors (Lipinski definition) is 2. The van der Waals surface area contributed by atoms with Crippen LogP contribution in [-0.4, -0.2) is 5.11 Å². The van der Waals surface area contributed by atoms with Crippen molar-refractivity contribution < 1.29 is 9.50 Å². The third kappa shape index (κ3) is 2.42. The van der Waals surface area contributed by atoms with Crippen LogP contribution in [0.15, 0.2) is 18.2 Å². The first-order chi connectivity index (χ1) is 6.15. The van der Waals surface area contributed by atoms with E-state index in [9.17, 15) is 9.50 Å². The van der Waals surface area contributed by atoms with E-state index in [1.807, 2.05) is 6.92 Å². The van der Waals surface area contributed by atoms with Crippen molar-refractivity contribution in [1.82, 2.24) is 0 Å². The smallest absolute Gasteiger partial charge is 0.123 e. The lowest BCUT2D eigenvalue weighted by Crippen LogP contribution is -2.02. The lowest BCUT2D eigenvalue weighted by molar-refractivity contribution is 0.167. The Morgan fingerprint density at radius 1 is 1.54 bits per heavy atom. The molecule has 0 aliphatic rings. The summed E-state index contributed by atoms with van der Waals surface area (Å²) in [6, 6.07) is 4.05. The van der Waals surface area contributed by atoms with Gasteiger partial charge in [-0.3, -0.25) is 0 Å². The predicted octanol–water partition coefficient (Wildman–Crippen LogP) is 2.24. The van der Waals surface area contributed by atoms with Crippen LogP contribution >= 0.6 is 0 Å². The maximum atomic E-state index is 12.8. The van der Waals surface area contributed by atoms with Crippen molar-refractivity contribution in [3.8, 4) is 0 Å². The molecule has 0 saturated carbocycles.